The van der Waals surface area contributed by atoms with E-state index in [9.17, 15) is 0 Å². The van der Waals surface area contributed by atoms with Crippen molar-refractivity contribution in [2.75, 3.05) is 6.61 Å². The summed E-state index contributed by atoms with van der Waals surface area (Å²) in [5, 5.41) is 3.79. The zero-order chi connectivity index (χ0) is 10.1. The Morgan fingerprint density at radius 3 is 3.07 bits per heavy atom. The van der Waals surface area contributed by atoms with Gasteiger partial charge in [0.15, 0.2) is 0 Å². The first kappa shape index (κ1) is 10.1. The molecule has 0 radical (unpaired) electrons. The second-order valence-electron chi connectivity index (χ2n) is 2.80. The maximum absolute atomic E-state index is 6.19. The molecule has 1 nitrogen and oxygen atoms in total. The van der Waals surface area contributed by atoms with E-state index in [1.807, 2.05) is 24.4 Å². The fourth-order valence-corrected chi connectivity index (χ4v) is 2.89. The van der Waals surface area contributed by atoms with Gasteiger partial charge in [-0.3, -0.25) is 0 Å². The van der Waals surface area contributed by atoms with Crippen LogP contribution in [0.1, 0.15) is 6.92 Å². The molecule has 0 N–H and O–H groups in total. The molecule has 1 aromatic heterocycles. The lowest BCUT2D eigenvalue weighted by Gasteiger charge is -2.07. The summed E-state index contributed by atoms with van der Waals surface area (Å²) in [6.07, 6.45) is 0. The average Bonchev–Trinajstić information content (AvgIpc) is 2.63. The van der Waals surface area contributed by atoms with Gasteiger partial charge in [-0.25, -0.2) is 0 Å². The first-order chi connectivity index (χ1) is 6.74. The summed E-state index contributed by atoms with van der Waals surface area (Å²) >= 11 is 12.2. The predicted octanol–water partition coefficient (Wildman–Crippen LogP) is 4.24. The van der Waals surface area contributed by atoms with Crippen LogP contribution in [0.3, 0.4) is 0 Å². The Hall–Kier alpha value is -0.380. The molecule has 0 aliphatic rings. The van der Waals surface area contributed by atoms with Gasteiger partial charge in [0.1, 0.15) is 10.8 Å². The van der Waals surface area contributed by atoms with E-state index in [-0.39, 0.29) is 0 Å². The highest BCUT2D eigenvalue weighted by Crippen LogP contribution is 2.39. The Morgan fingerprint density at radius 1 is 1.57 bits per heavy atom. The number of ether oxygens (including phenoxy) is 1. The van der Waals surface area contributed by atoms with Crippen molar-refractivity contribution in [3.05, 3.63) is 22.5 Å². The largest absolute Gasteiger partial charge is 0.492 e. The zero-order valence-electron chi connectivity index (χ0n) is 7.58. The third-order valence-electron chi connectivity index (χ3n) is 1.92. The molecule has 2 aromatic rings. The Kier molecular flexibility index (Phi) is 2.91. The van der Waals surface area contributed by atoms with E-state index in [0.717, 1.165) is 15.0 Å². The molecule has 2 rings (SSSR count). The normalized spacial score (nSPS) is 10.8. The van der Waals surface area contributed by atoms with Crippen molar-refractivity contribution in [1.29, 1.82) is 0 Å². The van der Waals surface area contributed by atoms with E-state index < -0.39 is 0 Å². The minimum absolute atomic E-state index is 0.615. The first-order valence-electron chi connectivity index (χ1n) is 4.25. The number of hydrogen-bond acceptors (Lipinski definition) is 3. The monoisotopic (exact) mass is 244 g/mol. The molecule has 0 spiro atoms. The van der Waals surface area contributed by atoms with Crippen molar-refractivity contribution in [2.24, 2.45) is 0 Å². The van der Waals surface area contributed by atoms with Gasteiger partial charge in [-0.1, -0.05) is 11.6 Å². The van der Waals surface area contributed by atoms with E-state index in [1.54, 1.807) is 11.3 Å². The highest BCUT2D eigenvalue weighted by molar-refractivity contribution is 7.80. The van der Waals surface area contributed by atoms with Crippen LogP contribution in [-0.4, -0.2) is 6.61 Å². The summed E-state index contributed by atoms with van der Waals surface area (Å²) < 4.78 is 6.46. The maximum Gasteiger partial charge on any atom is 0.140 e. The molecule has 0 bridgehead atoms. The number of rotatable bonds is 2. The lowest BCUT2D eigenvalue weighted by atomic mass is 10.2. The molecular formula is C10H9ClOS2. The molecule has 0 unspecified atom stereocenters. The minimum atomic E-state index is 0.615. The lowest BCUT2D eigenvalue weighted by molar-refractivity contribution is 0.340. The van der Waals surface area contributed by atoms with Crippen LogP contribution in [0, 0.1) is 0 Å². The molecule has 14 heavy (non-hydrogen) atoms. The summed E-state index contributed by atoms with van der Waals surface area (Å²) in [6.45, 7) is 2.55. The molecule has 74 valence electrons. The molecule has 4 heteroatoms. The van der Waals surface area contributed by atoms with Gasteiger partial charge in [0.05, 0.1) is 11.3 Å². The van der Waals surface area contributed by atoms with E-state index >= 15 is 0 Å². The number of thiol groups is 1. The van der Waals surface area contributed by atoms with Gasteiger partial charge >= 0.3 is 0 Å². The van der Waals surface area contributed by atoms with Crippen LogP contribution in [0.2, 0.25) is 5.02 Å². The average molecular weight is 245 g/mol. The Labute approximate surface area is 97.1 Å². The van der Waals surface area contributed by atoms with Crippen molar-refractivity contribution in [2.45, 2.75) is 11.8 Å². The zero-order valence-corrected chi connectivity index (χ0v) is 10.0. The van der Waals surface area contributed by atoms with E-state index in [1.165, 1.54) is 0 Å². The number of fused-ring (bicyclic) bond motifs is 1. The molecule has 1 heterocycles. The van der Waals surface area contributed by atoms with Crippen LogP contribution in [0.25, 0.3) is 10.1 Å². The van der Waals surface area contributed by atoms with Crippen LogP contribution >= 0.6 is 35.6 Å². The van der Waals surface area contributed by atoms with Gasteiger partial charge in [0.25, 0.3) is 0 Å². The quantitative estimate of drug-likeness (QED) is 0.778. The summed E-state index contributed by atoms with van der Waals surface area (Å²) in [5.74, 6) is 0.717. The second kappa shape index (κ2) is 4.01. The Balaban J connectivity index is 2.68. The van der Waals surface area contributed by atoms with Crippen LogP contribution in [-0.2, 0) is 0 Å². The van der Waals surface area contributed by atoms with Gasteiger partial charge in [-0.2, -0.15) is 0 Å². The summed E-state index contributed by atoms with van der Waals surface area (Å²) in [7, 11) is 0. The third kappa shape index (κ3) is 1.60. The van der Waals surface area contributed by atoms with Crippen molar-refractivity contribution >= 4 is 45.7 Å². The topological polar surface area (TPSA) is 9.23 Å². The summed E-state index contributed by atoms with van der Waals surface area (Å²) in [5.41, 5.74) is 0. The van der Waals surface area contributed by atoms with E-state index in [0.29, 0.717) is 17.4 Å². The van der Waals surface area contributed by atoms with Gasteiger partial charge in [-0.15, -0.1) is 24.0 Å². The number of benzene rings is 1. The molecule has 0 aliphatic carbocycles. The third-order valence-corrected chi connectivity index (χ3v) is 3.71. The first-order valence-corrected chi connectivity index (χ1v) is 5.96. The lowest BCUT2D eigenvalue weighted by Crippen LogP contribution is -1.92. The van der Waals surface area contributed by atoms with Crippen LogP contribution in [0.15, 0.2) is 22.4 Å². The van der Waals surface area contributed by atoms with Gasteiger partial charge in [-0.05, 0) is 24.4 Å². The molecular weight excluding hydrogens is 236 g/mol. The van der Waals surface area contributed by atoms with Crippen molar-refractivity contribution < 1.29 is 4.74 Å². The highest BCUT2D eigenvalue weighted by Gasteiger charge is 2.10. The van der Waals surface area contributed by atoms with Crippen LogP contribution in [0.5, 0.6) is 5.75 Å². The molecule has 0 aliphatic heterocycles. The Bertz CT molecular complexity index is 464. The van der Waals surface area contributed by atoms with Crippen molar-refractivity contribution in [3.63, 3.8) is 0 Å². The molecule has 0 atom stereocenters. The smallest absolute Gasteiger partial charge is 0.140 e. The van der Waals surface area contributed by atoms with Crippen LogP contribution < -0.4 is 4.74 Å². The summed E-state index contributed by atoms with van der Waals surface area (Å²) in [4.78, 5) is 0.911. The van der Waals surface area contributed by atoms with Crippen molar-refractivity contribution in [3.8, 4) is 5.75 Å². The summed E-state index contributed by atoms with van der Waals surface area (Å²) in [6, 6.07) is 3.88. The molecule has 0 fully saturated rings. The number of halogens is 1. The maximum atomic E-state index is 6.19. The van der Waals surface area contributed by atoms with E-state index in [4.69, 9.17) is 16.3 Å². The van der Waals surface area contributed by atoms with E-state index in [2.05, 4.69) is 12.6 Å². The standard InChI is InChI=1S/C10H9ClOS2/c1-2-12-7-5-8(13)6-3-4-14-10(6)9(7)11/h3-5,13H,2H2,1H3. The highest BCUT2D eigenvalue weighted by atomic mass is 35.5. The molecule has 1 aromatic carbocycles. The number of hydrogen-bond donors (Lipinski definition) is 1. The minimum Gasteiger partial charge on any atom is -0.492 e. The van der Waals surface area contributed by atoms with Crippen molar-refractivity contribution in [1.82, 2.24) is 0 Å². The molecule has 0 saturated carbocycles. The van der Waals surface area contributed by atoms with Crippen LogP contribution in [0.4, 0.5) is 0 Å². The SMILES string of the molecule is CCOc1cc(S)c2ccsc2c1Cl. The van der Waals surface area contributed by atoms with Gasteiger partial charge < -0.3 is 4.74 Å². The molecule has 0 amide bonds. The second-order valence-corrected chi connectivity index (χ2v) is 4.58. The molecule has 0 saturated heterocycles. The predicted molar refractivity (Wildman–Crippen MR) is 65.3 cm³/mol. The fourth-order valence-electron chi connectivity index (χ4n) is 1.32. The fraction of sp³-hybridized carbons (Fsp3) is 0.200. The number of thiophene rings is 1. The van der Waals surface area contributed by atoms with Gasteiger partial charge in [0, 0.05) is 10.3 Å². The van der Waals surface area contributed by atoms with Gasteiger partial charge in [0.2, 0.25) is 0 Å². The Morgan fingerprint density at radius 2 is 2.36 bits per heavy atom.